The molecule has 0 spiro atoms. The van der Waals surface area contributed by atoms with E-state index in [4.69, 9.17) is 21.1 Å². The van der Waals surface area contributed by atoms with Crippen LogP contribution in [-0.2, 0) is 11.2 Å². The van der Waals surface area contributed by atoms with E-state index in [1.54, 1.807) is 12.1 Å². The summed E-state index contributed by atoms with van der Waals surface area (Å²) < 4.78 is 10.5. The minimum Gasteiger partial charge on any atom is -0.489 e. The molecule has 0 fully saturated rings. The predicted molar refractivity (Wildman–Crippen MR) is 90.2 cm³/mol. The zero-order valence-corrected chi connectivity index (χ0v) is 14.5. The minimum atomic E-state index is -0.603. The Kier molecular flexibility index (Phi) is 8.76. The summed E-state index contributed by atoms with van der Waals surface area (Å²) >= 11 is 6.17. The Bertz CT molecular complexity index is 497. The zero-order chi connectivity index (χ0) is 17.2. The van der Waals surface area contributed by atoms with Crippen LogP contribution in [0.2, 0.25) is 5.02 Å². The van der Waals surface area contributed by atoms with E-state index in [0.717, 1.165) is 5.56 Å². The normalized spacial score (nSPS) is 12.1. The Hall–Kier alpha value is -1.50. The van der Waals surface area contributed by atoms with Gasteiger partial charge in [0.05, 0.1) is 11.6 Å². The third-order valence-electron chi connectivity index (χ3n) is 3.02. The molecule has 0 bridgehead atoms. The second kappa shape index (κ2) is 10.3. The van der Waals surface area contributed by atoms with E-state index in [1.165, 1.54) is 7.05 Å². The highest BCUT2D eigenvalue weighted by molar-refractivity contribution is 6.32. The maximum Gasteiger partial charge on any atom is 0.406 e. The number of carbonyl (C=O) groups is 1. The molecule has 0 saturated carbocycles. The van der Waals surface area contributed by atoms with Crippen molar-refractivity contribution in [3.63, 3.8) is 0 Å². The van der Waals surface area contributed by atoms with Crippen LogP contribution in [0, 0.1) is 0 Å². The van der Waals surface area contributed by atoms with Crippen molar-refractivity contribution in [2.75, 3.05) is 26.8 Å². The Morgan fingerprint density at radius 2 is 2.13 bits per heavy atom. The lowest BCUT2D eigenvalue weighted by molar-refractivity contribution is 0.104. The van der Waals surface area contributed by atoms with Gasteiger partial charge in [0.1, 0.15) is 18.5 Å². The standard InChI is InChI=1S/C16H25ClN2O4/c1-11(2)19-9-13(20)10-23-15-5-4-12(8-14(15)17)6-7-22-16(21)18-3/h4-5,8,11,13,19-20H,6-7,9-10H2,1-3H3,(H,18,21). The van der Waals surface area contributed by atoms with E-state index in [1.807, 2.05) is 19.9 Å². The predicted octanol–water partition coefficient (Wildman–Crippen LogP) is 1.98. The highest BCUT2D eigenvalue weighted by Crippen LogP contribution is 2.25. The molecule has 7 heteroatoms. The number of ether oxygens (including phenoxy) is 2. The summed E-state index contributed by atoms with van der Waals surface area (Å²) in [6.45, 7) is 4.92. The van der Waals surface area contributed by atoms with Crippen molar-refractivity contribution in [1.29, 1.82) is 0 Å². The number of hydrogen-bond donors (Lipinski definition) is 3. The van der Waals surface area contributed by atoms with E-state index in [0.29, 0.717) is 29.8 Å². The molecular formula is C16H25ClN2O4. The molecule has 3 N–H and O–H groups in total. The molecule has 1 amide bonds. The Morgan fingerprint density at radius 1 is 1.39 bits per heavy atom. The fraction of sp³-hybridized carbons (Fsp3) is 0.562. The van der Waals surface area contributed by atoms with Gasteiger partial charge in [-0.3, -0.25) is 0 Å². The number of amides is 1. The van der Waals surface area contributed by atoms with Gasteiger partial charge in [0.25, 0.3) is 0 Å². The van der Waals surface area contributed by atoms with Gasteiger partial charge in [-0.05, 0) is 17.7 Å². The molecule has 6 nitrogen and oxygen atoms in total. The number of aliphatic hydroxyl groups is 1. The number of alkyl carbamates (subject to hydrolysis) is 1. The molecule has 0 heterocycles. The van der Waals surface area contributed by atoms with E-state index in [-0.39, 0.29) is 13.2 Å². The van der Waals surface area contributed by atoms with Crippen LogP contribution in [0.3, 0.4) is 0 Å². The van der Waals surface area contributed by atoms with Crippen LogP contribution in [0.5, 0.6) is 5.75 Å². The number of hydrogen-bond acceptors (Lipinski definition) is 5. The molecule has 0 aliphatic carbocycles. The van der Waals surface area contributed by atoms with Crippen LogP contribution in [0.4, 0.5) is 4.79 Å². The SMILES string of the molecule is CNC(=O)OCCc1ccc(OCC(O)CNC(C)C)c(Cl)c1. The third kappa shape index (κ3) is 8.06. The number of rotatable bonds is 9. The van der Waals surface area contributed by atoms with Gasteiger partial charge in [0, 0.05) is 26.1 Å². The fourth-order valence-corrected chi connectivity index (χ4v) is 2.02. The van der Waals surface area contributed by atoms with Gasteiger partial charge in [-0.15, -0.1) is 0 Å². The molecule has 1 aromatic rings. The molecule has 23 heavy (non-hydrogen) atoms. The minimum absolute atomic E-state index is 0.165. The molecule has 0 aromatic heterocycles. The number of benzene rings is 1. The Labute approximate surface area is 142 Å². The largest absolute Gasteiger partial charge is 0.489 e. The van der Waals surface area contributed by atoms with E-state index >= 15 is 0 Å². The van der Waals surface area contributed by atoms with Crippen LogP contribution in [0.25, 0.3) is 0 Å². The van der Waals surface area contributed by atoms with Gasteiger partial charge in [-0.2, -0.15) is 0 Å². The molecule has 0 radical (unpaired) electrons. The molecule has 0 aliphatic heterocycles. The molecule has 1 unspecified atom stereocenters. The molecular weight excluding hydrogens is 320 g/mol. The van der Waals surface area contributed by atoms with Crippen molar-refractivity contribution in [2.45, 2.75) is 32.4 Å². The summed E-state index contributed by atoms with van der Waals surface area (Å²) in [5.41, 5.74) is 0.938. The molecule has 0 saturated heterocycles. The van der Waals surface area contributed by atoms with Crippen molar-refractivity contribution in [3.05, 3.63) is 28.8 Å². The van der Waals surface area contributed by atoms with E-state index in [9.17, 15) is 9.90 Å². The first-order chi connectivity index (χ1) is 10.9. The lowest BCUT2D eigenvalue weighted by atomic mass is 10.1. The summed E-state index contributed by atoms with van der Waals surface area (Å²) in [5.74, 6) is 0.520. The van der Waals surface area contributed by atoms with Crippen molar-refractivity contribution in [2.24, 2.45) is 0 Å². The maximum absolute atomic E-state index is 11.0. The van der Waals surface area contributed by atoms with Crippen LogP contribution < -0.4 is 15.4 Å². The molecule has 0 aliphatic rings. The van der Waals surface area contributed by atoms with Gasteiger partial charge in [-0.25, -0.2) is 4.79 Å². The van der Waals surface area contributed by atoms with Gasteiger partial charge < -0.3 is 25.2 Å². The van der Waals surface area contributed by atoms with Gasteiger partial charge >= 0.3 is 6.09 Å². The summed E-state index contributed by atoms with van der Waals surface area (Å²) in [5, 5.41) is 15.8. The summed E-state index contributed by atoms with van der Waals surface area (Å²) in [6, 6.07) is 5.68. The van der Waals surface area contributed by atoms with Crippen LogP contribution in [0.1, 0.15) is 19.4 Å². The number of aliphatic hydroxyl groups excluding tert-OH is 1. The van der Waals surface area contributed by atoms with Crippen molar-refractivity contribution in [1.82, 2.24) is 10.6 Å². The van der Waals surface area contributed by atoms with Crippen molar-refractivity contribution < 1.29 is 19.4 Å². The third-order valence-corrected chi connectivity index (χ3v) is 3.31. The summed E-state index contributed by atoms with van der Waals surface area (Å²) in [4.78, 5) is 11.0. The van der Waals surface area contributed by atoms with Crippen LogP contribution in [-0.4, -0.2) is 50.2 Å². The number of carbonyl (C=O) groups excluding carboxylic acids is 1. The van der Waals surface area contributed by atoms with E-state index < -0.39 is 12.2 Å². The highest BCUT2D eigenvalue weighted by atomic mass is 35.5. The van der Waals surface area contributed by atoms with Gasteiger partial charge in [0.2, 0.25) is 0 Å². The van der Waals surface area contributed by atoms with Crippen LogP contribution >= 0.6 is 11.6 Å². The molecule has 1 atom stereocenters. The number of nitrogens with one attached hydrogen (secondary N) is 2. The Morgan fingerprint density at radius 3 is 2.74 bits per heavy atom. The first-order valence-corrected chi connectivity index (χ1v) is 7.97. The number of halogens is 1. The second-order valence-electron chi connectivity index (χ2n) is 5.43. The highest BCUT2D eigenvalue weighted by Gasteiger charge is 2.09. The lowest BCUT2D eigenvalue weighted by Crippen LogP contribution is -2.35. The van der Waals surface area contributed by atoms with E-state index in [2.05, 4.69) is 10.6 Å². The smallest absolute Gasteiger partial charge is 0.406 e. The van der Waals surface area contributed by atoms with Crippen molar-refractivity contribution >= 4 is 17.7 Å². The van der Waals surface area contributed by atoms with Gasteiger partial charge in [0.15, 0.2) is 0 Å². The summed E-state index contributed by atoms with van der Waals surface area (Å²) in [7, 11) is 1.51. The quantitative estimate of drug-likeness (QED) is 0.638. The maximum atomic E-state index is 11.0. The summed E-state index contributed by atoms with van der Waals surface area (Å²) in [6.07, 6.45) is -0.497. The topological polar surface area (TPSA) is 79.8 Å². The van der Waals surface area contributed by atoms with Crippen molar-refractivity contribution in [3.8, 4) is 5.75 Å². The molecule has 1 aromatic carbocycles. The molecule has 130 valence electrons. The average molecular weight is 345 g/mol. The second-order valence-corrected chi connectivity index (χ2v) is 5.84. The lowest BCUT2D eigenvalue weighted by Gasteiger charge is -2.16. The van der Waals surface area contributed by atoms with Gasteiger partial charge in [-0.1, -0.05) is 31.5 Å². The fourth-order valence-electron chi connectivity index (χ4n) is 1.77. The first kappa shape index (κ1) is 19.5. The monoisotopic (exact) mass is 344 g/mol. The van der Waals surface area contributed by atoms with Crippen LogP contribution in [0.15, 0.2) is 18.2 Å². The Balaban J connectivity index is 2.42. The first-order valence-electron chi connectivity index (χ1n) is 7.59. The zero-order valence-electron chi connectivity index (χ0n) is 13.8. The molecule has 1 rings (SSSR count). The average Bonchev–Trinajstić information content (AvgIpc) is 2.51.